The van der Waals surface area contributed by atoms with Crippen molar-refractivity contribution in [3.05, 3.63) is 47.8 Å². The molecule has 0 aliphatic rings. The van der Waals surface area contributed by atoms with Crippen LogP contribution in [0.25, 0.3) is 5.70 Å². The third kappa shape index (κ3) is 4.32. The molecule has 2 rings (SSSR count). The van der Waals surface area contributed by atoms with Gasteiger partial charge in [-0.2, -0.15) is 5.10 Å². The summed E-state index contributed by atoms with van der Waals surface area (Å²) in [5.74, 6) is 0.846. The number of aromatic nitrogens is 2. The molecule has 0 atom stereocenters. The molecule has 1 aromatic heterocycles. The lowest BCUT2D eigenvalue weighted by atomic mass is 9.92. The fraction of sp³-hybridized carbons (Fsp3) is 0.333. The number of amides is 1. The van der Waals surface area contributed by atoms with Crippen LogP contribution in [-0.2, 0) is 5.41 Å². The highest BCUT2D eigenvalue weighted by Crippen LogP contribution is 2.29. The molecule has 134 valence electrons. The SMILES string of the molecule is C=C(NNC(=O)c1cc(C(C)(C)C)[nH]n1)c1ccc(OC)c(OC)c1. The van der Waals surface area contributed by atoms with Crippen LogP contribution >= 0.6 is 0 Å². The predicted octanol–water partition coefficient (Wildman–Crippen LogP) is 2.63. The molecule has 0 bridgehead atoms. The van der Waals surface area contributed by atoms with E-state index >= 15 is 0 Å². The summed E-state index contributed by atoms with van der Waals surface area (Å²) in [7, 11) is 3.13. The number of rotatable bonds is 6. The highest BCUT2D eigenvalue weighted by atomic mass is 16.5. The van der Waals surface area contributed by atoms with E-state index in [1.807, 2.05) is 26.8 Å². The number of hydrazine groups is 1. The molecular formula is C18H24N4O3. The largest absolute Gasteiger partial charge is 0.493 e. The van der Waals surface area contributed by atoms with Crippen LogP contribution in [0.1, 0.15) is 42.5 Å². The van der Waals surface area contributed by atoms with E-state index in [-0.39, 0.29) is 11.3 Å². The molecule has 0 saturated carbocycles. The molecule has 1 amide bonds. The number of benzene rings is 1. The van der Waals surface area contributed by atoms with E-state index in [2.05, 4.69) is 27.6 Å². The number of methoxy groups -OCH3 is 2. The Balaban J connectivity index is 2.02. The number of nitrogens with zero attached hydrogens (tertiary/aromatic N) is 1. The molecule has 2 aromatic rings. The van der Waals surface area contributed by atoms with Crippen LogP contribution in [0, 0.1) is 0 Å². The Morgan fingerprint density at radius 1 is 1.12 bits per heavy atom. The van der Waals surface area contributed by atoms with Crippen molar-refractivity contribution in [2.24, 2.45) is 0 Å². The number of H-pyrrole nitrogens is 1. The fourth-order valence-electron chi connectivity index (χ4n) is 2.11. The van der Waals surface area contributed by atoms with Crippen LogP contribution < -0.4 is 20.3 Å². The van der Waals surface area contributed by atoms with E-state index in [0.29, 0.717) is 22.9 Å². The molecule has 1 aromatic carbocycles. The topological polar surface area (TPSA) is 88.3 Å². The number of nitrogens with one attached hydrogen (secondary N) is 3. The zero-order valence-electron chi connectivity index (χ0n) is 15.2. The zero-order valence-corrected chi connectivity index (χ0v) is 15.2. The molecule has 3 N–H and O–H groups in total. The van der Waals surface area contributed by atoms with Crippen molar-refractivity contribution >= 4 is 11.6 Å². The van der Waals surface area contributed by atoms with Crippen LogP contribution in [0.2, 0.25) is 0 Å². The second-order valence-corrected chi connectivity index (χ2v) is 6.54. The van der Waals surface area contributed by atoms with Gasteiger partial charge in [0.25, 0.3) is 5.91 Å². The van der Waals surface area contributed by atoms with Gasteiger partial charge in [0.2, 0.25) is 0 Å². The van der Waals surface area contributed by atoms with Crippen molar-refractivity contribution in [2.45, 2.75) is 26.2 Å². The van der Waals surface area contributed by atoms with Gasteiger partial charge in [0, 0.05) is 16.7 Å². The van der Waals surface area contributed by atoms with Gasteiger partial charge in [-0.3, -0.25) is 20.7 Å². The first-order valence-electron chi connectivity index (χ1n) is 7.80. The summed E-state index contributed by atoms with van der Waals surface area (Å²) < 4.78 is 10.5. The second kappa shape index (κ2) is 7.29. The maximum Gasteiger partial charge on any atom is 0.290 e. The van der Waals surface area contributed by atoms with E-state index in [4.69, 9.17) is 9.47 Å². The first kappa shape index (κ1) is 18.4. The van der Waals surface area contributed by atoms with E-state index in [9.17, 15) is 4.79 Å². The number of hydrogen-bond acceptors (Lipinski definition) is 5. The Kier molecular flexibility index (Phi) is 5.36. The minimum Gasteiger partial charge on any atom is -0.493 e. The van der Waals surface area contributed by atoms with Gasteiger partial charge in [-0.1, -0.05) is 27.4 Å². The summed E-state index contributed by atoms with van der Waals surface area (Å²) in [4.78, 5) is 12.2. The van der Waals surface area contributed by atoms with E-state index in [1.165, 1.54) is 0 Å². The third-order valence-corrected chi connectivity index (χ3v) is 3.68. The Morgan fingerprint density at radius 3 is 2.36 bits per heavy atom. The lowest BCUT2D eigenvalue weighted by Crippen LogP contribution is -2.36. The molecule has 0 unspecified atom stereocenters. The van der Waals surface area contributed by atoms with Crippen LogP contribution in [0.5, 0.6) is 11.5 Å². The van der Waals surface area contributed by atoms with Crippen molar-refractivity contribution in [3.63, 3.8) is 0 Å². The van der Waals surface area contributed by atoms with Gasteiger partial charge in [-0.25, -0.2) is 0 Å². The van der Waals surface area contributed by atoms with Gasteiger partial charge < -0.3 is 9.47 Å². The predicted molar refractivity (Wildman–Crippen MR) is 96.5 cm³/mol. The van der Waals surface area contributed by atoms with Crippen molar-refractivity contribution < 1.29 is 14.3 Å². The van der Waals surface area contributed by atoms with E-state index < -0.39 is 0 Å². The van der Waals surface area contributed by atoms with Gasteiger partial charge in [0.15, 0.2) is 17.2 Å². The Hall–Kier alpha value is -2.96. The molecule has 0 saturated heterocycles. The summed E-state index contributed by atoms with van der Waals surface area (Å²) in [5, 5.41) is 6.92. The van der Waals surface area contributed by atoms with Gasteiger partial charge in [-0.05, 0) is 24.3 Å². The van der Waals surface area contributed by atoms with Crippen LogP contribution in [0.3, 0.4) is 0 Å². The Morgan fingerprint density at radius 2 is 1.80 bits per heavy atom. The van der Waals surface area contributed by atoms with Gasteiger partial charge in [0.1, 0.15) is 0 Å². The van der Waals surface area contributed by atoms with Crippen molar-refractivity contribution in [3.8, 4) is 11.5 Å². The first-order chi connectivity index (χ1) is 11.8. The maximum absolute atomic E-state index is 12.2. The molecule has 0 aliphatic heterocycles. The second-order valence-electron chi connectivity index (χ2n) is 6.54. The average Bonchev–Trinajstić information content (AvgIpc) is 3.09. The number of aromatic amines is 1. The molecule has 25 heavy (non-hydrogen) atoms. The standard InChI is InChI=1S/C18H24N4O3/c1-11(12-7-8-14(24-5)15(9-12)25-6)19-22-17(23)13-10-16(21-20-13)18(2,3)4/h7-10,19H,1H2,2-6H3,(H,20,21)(H,22,23). The van der Waals surface area contributed by atoms with Gasteiger partial charge in [0.05, 0.1) is 19.9 Å². The number of ether oxygens (including phenoxy) is 2. The molecule has 0 spiro atoms. The zero-order chi connectivity index (χ0) is 18.6. The van der Waals surface area contributed by atoms with Crippen LogP contribution in [-0.4, -0.2) is 30.3 Å². The summed E-state index contributed by atoms with van der Waals surface area (Å²) in [5.41, 5.74) is 7.73. The average molecular weight is 344 g/mol. The highest BCUT2D eigenvalue weighted by Gasteiger charge is 2.19. The molecular weight excluding hydrogens is 320 g/mol. The lowest BCUT2D eigenvalue weighted by molar-refractivity contribution is 0.0937. The molecule has 7 nitrogen and oxygen atoms in total. The monoisotopic (exact) mass is 344 g/mol. The van der Waals surface area contributed by atoms with E-state index in [1.54, 1.807) is 32.4 Å². The smallest absolute Gasteiger partial charge is 0.290 e. The molecule has 7 heteroatoms. The third-order valence-electron chi connectivity index (χ3n) is 3.68. The normalized spacial score (nSPS) is 10.9. The van der Waals surface area contributed by atoms with Gasteiger partial charge in [-0.15, -0.1) is 0 Å². The molecule has 0 aliphatic carbocycles. The minimum atomic E-state index is -0.353. The lowest BCUT2D eigenvalue weighted by Gasteiger charge is -2.14. The Bertz CT molecular complexity index is 775. The molecule has 0 fully saturated rings. The van der Waals surface area contributed by atoms with Crippen LogP contribution in [0.15, 0.2) is 30.8 Å². The number of carbonyl (C=O) groups excluding carboxylic acids is 1. The fourth-order valence-corrected chi connectivity index (χ4v) is 2.11. The molecule has 0 radical (unpaired) electrons. The van der Waals surface area contributed by atoms with Crippen molar-refractivity contribution in [1.82, 2.24) is 21.0 Å². The number of carbonyl (C=O) groups is 1. The quantitative estimate of drug-likeness (QED) is 0.701. The van der Waals surface area contributed by atoms with Crippen LogP contribution in [0.4, 0.5) is 0 Å². The van der Waals surface area contributed by atoms with Crippen molar-refractivity contribution in [2.75, 3.05) is 14.2 Å². The molecule has 1 heterocycles. The van der Waals surface area contributed by atoms with Crippen molar-refractivity contribution in [1.29, 1.82) is 0 Å². The maximum atomic E-state index is 12.2. The number of hydrogen-bond donors (Lipinski definition) is 3. The van der Waals surface area contributed by atoms with E-state index in [0.717, 1.165) is 11.3 Å². The summed E-state index contributed by atoms with van der Waals surface area (Å²) >= 11 is 0. The summed E-state index contributed by atoms with van der Waals surface area (Å²) in [6.45, 7) is 10.0. The Labute approximate surface area is 147 Å². The highest BCUT2D eigenvalue weighted by molar-refractivity contribution is 5.92. The minimum absolute atomic E-state index is 0.109. The summed E-state index contributed by atoms with van der Waals surface area (Å²) in [6, 6.07) is 7.09. The first-order valence-corrected chi connectivity index (χ1v) is 7.80. The van der Waals surface area contributed by atoms with Gasteiger partial charge >= 0.3 is 0 Å². The summed E-state index contributed by atoms with van der Waals surface area (Å²) in [6.07, 6.45) is 0.